The second-order valence-electron chi connectivity index (χ2n) is 8.77. The average Bonchev–Trinajstić information content (AvgIpc) is 3.58. The van der Waals surface area contributed by atoms with E-state index in [2.05, 4.69) is 39.5 Å². The first-order valence-corrected chi connectivity index (χ1v) is 14.4. The number of benzene rings is 2. The molecule has 4 aromatic rings. The topological polar surface area (TPSA) is 77.4 Å². The van der Waals surface area contributed by atoms with Gasteiger partial charge in [0.05, 0.1) is 20.7 Å². The average molecular weight is 652 g/mol. The maximum atomic E-state index is 10.9. The molecule has 6 nitrogen and oxygen atoms in total. The molecule has 0 bridgehead atoms. The van der Waals surface area contributed by atoms with E-state index in [1.807, 2.05) is 53.7 Å². The van der Waals surface area contributed by atoms with Crippen LogP contribution in [0.3, 0.4) is 0 Å². The fourth-order valence-electron chi connectivity index (χ4n) is 4.25. The Labute approximate surface area is 237 Å². The molecular weight excluding hydrogens is 628 g/mol. The van der Waals surface area contributed by atoms with Crippen LogP contribution in [0.5, 0.6) is 5.75 Å². The maximum Gasteiger partial charge on any atom is 0.207 e. The van der Waals surface area contributed by atoms with Gasteiger partial charge in [0.2, 0.25) is 5.13 Å². The second kappa shape index (κ2) is 10.7. The molecule has 0 radical (unpaired) electrons. The van der Waals surface area contributed by atoms with Crippen LogP contribution in [0.1, 0.15) is 54.9 Å². The first kappa shape index (κ1) is 25.5. The van der Waals surface area contributed by atoms with Crippen molar-refractivity contribution in [2.45, 2.75) is 45.6 Å². The number of aromatic nitrogens is 3. The molecule has 0 aliphatic carbocycles. The highest BCUT2D eigenvalue weighted by Gasteiger charge is 2.36. The van der Waals surface area contributed by atoms with E-state index in [4.69, 9.17) is 33.3 Å². The van der Waals surface area contributed by atoms with E-state index in [0.29, 0.717) is 16.6 Å². The zero-order valence-electron chi connectivity index (χ0n) is 19.7. The molecular formula is C26H24Cl2IN5OS. The van der Waals surface area contributed by atoms with Gasteiger partial charge in [-0.25, -0.2) is 15.0 Å². The molecule has 186 valence electrons. The Morgan fingerprint density at radius 2 is 1.97 bits per heavy atom. The number of nitrogens with zero attached hydrogens (tertiary/aromatic N) is 4. The van der Waals surface area contributed by atoms with E-state index in [9.17, 15) is 5.11 Å². The fourth-order valence-corrected chi connectivity index (χ4v) is 6.26. The number of thiazole rings is 1. The van der Waals surface area contributed by atoms with E-state index in [1.165, 1.54) is 11.3 Å². The molecule has 5 rings (SSSR count). The fraction of sp³-hybridized carbons (Fsp3) is 0.269. The molecule has 36 heavy (non-hydrogen) atoms. The highest BCUT2D eigenvalue weighted by molar-refractivity contribution is 14.1. The smallest absolute Gasteiger partial charge is 0.207 e. The number of nitrogens with one attached hydrogen (secondary N) is 1. The molecule has 2 aromatic heterocycles. The lowest BCUT2D eigenvalue weighted by molar-refractivity contribution is 0.470. The van der Waals surface area contributed by atoms with Gasteiger partial charge in [0.25, 0.3) is 0 Å². The van der Waals surface area contributed by atoms with E-state index >= 15 is 0 Å². The van der Waals surface area contributed by atoms with Crippen molar-refractivity contribution in [3.05, 3.63) is 78.2 Å². The Morgan fingerprint density at radius 1 is 1.19 bits per heavy atom. The van der Waals surface area contributed by atoms with Gasteiger partial charge in [-0.15, -0.1) is 11.3 Å². The van der Waals surface area contributed by atoms with Crippen LogP contribution in [-0.4, -0.2) is 25.8 Å². The lowest BCUT2D eigenvalue weighted by Crippen LogP contribution is -2.19. The number of aromatic amines is 1. The molecule has 1 atom stereocenters. The van der Waals surface area contributed by atoms with Gasteiger partial charge in [0.1, 0.15) is 17.6 Å². The molecule has 2 aromatic carbocycles. The number of rotatable bonds is 7. The zero-order valence-corrected chi connectivity index (χ0v) is 24.2. The number of anilines is 1. The van der Waals surface area contributed by atoms with Gasteiger partial charge in [-0.3, -0.25) is 0 Å². The largest absolute Gasteiger partial charge is 0.506 e. The standard InChI is InChI=1S/C26H24Cl2IN5OS/c1-3-4-5-22-31-23(25(28)32-22)21-12-19(17-10-14(2)11-18(29)24(17)35)33-34(21)26-30-20(13-36-26)15-6-8-16(27)9-7-15/h6-11,13,21,35H,3-5,12H2,1-2H3,(H,31,32). The summed E-state index contributed by atoms with van der Waals surface area (Å²) in [6, 6.07) is 11.3. The molecule has 0 saturated heterocycles. The maximum absolute atomic E-state index is 10.9. The number of halogens is 3. The van der Waals surface area contributed by atoms with Crippen molar-refractivity contribution in [2.75, 3.05) is 5.01 Å². The molecule has 1 unspecified atom stereocenters. The molecule has 2 N–H and O–H groups in total. The van der Waals surface area contributed by atoms with Gasteiger partial charge < -0.3 is 10.1 Å². The highest BCUT2D eigenvalue weighted by atomic mass is 127. The van der Waals surface area contributed by atoms with Crippen LogP contribution < -0.4 is 5.01 Å². The summed E-state index contributed by atoms with van der Waals surface area (Å²) < 4.78 is 0.793. The van der Waals surface area contributed by atoms with Crippen molar-refractivity contribution in [2.24, 2.45) is 5.10 Å². The SMILES string of the molecule is CCCCc1nc(Cl)c(C2CC(c3cc(C)cc(I)c3O)=NN2c2nc(-c3ccc(Cl)cc3)cs2)[nH]1. The van der Waals surface area contributed by atoms with Crippen molar-refractivity contribution in [1.82, 2.24) is 15.0 Å². The van der Waals surface area contributed by atoms with Gasteiger partial charge in [0.15, 0.2) is 5.15 Å². The third-order valence-corrected chi connectivity index (χ3v) is 8.28. The van der Waals surface area contributed by atoms with Crippen molar-refractivity contribution < 1.29 is 5.11 Å². The summed E-state index contributed by atoms with van der Waals surface area (Å²) in [6.07, 6.45) is 3.50. The highest BCUT2D eigenvalue weighted by Crippen LogP contribution is 2.42. The van der Waals surface area contributed by atoms with Gasteiger partial charge >= 0.3 is 0 Å². The Balaban J connectivity index is 1.56. The van der Waals surface area contributed by atoms with Crippen molar-refractivity contribution in [1.29, 1.82) is 0 Å². The van der Waals surface area contributed by atoms with Gasteiger partial charge in [-0.05, 0) is 65.8 Å². The Hall–Kier alpha value is -2.14. The van der Waals surface area contributed by atoms with E-state index < -0.39 is 0 Å². The first-order chi connectivity index (χ1) is 17.3. The summed E-state index contributed by atoms with van der Waals surface area (Å²) in [5.41, 5.74) is 5.21. The van der Waals surface area contributed by atoms with Gasteiger partial charge in [0, 0.05) is 34.4 Å². The number of H-pyrrole nitrogens is 1. The monoisotopic (exact) mass is 651 g/mol. The third-order valence-electron chi connectivity index (χ3n) is 6.09. The summed E-state index contributed by atoms with van der Waals surface area (Å²) in [7, 11) is 0. The molecule has 1 aliphatic heterocycles. The molecule has 0 amide bonds. The van der Waals surface area contributed by atoms with Crippen molar-refractivity contribution >= 4 is 68.0 Å². The number of hydrazone groups is 1. The minimum atomic E-state index is -0.225. The van der Waals surface area contributed by atoms with E-state index in [0.717, 1.165) is 67.6 Å². The van der Waals surface area contributed by atoms with Crippen LogP contribution in [0.2, 0.25) is 10.2 Å². The Kier molecular flexibility index (Phi) is 7.57. The summed E-state index contributed by atoms with van der Waals surface area (Å²) in [5.74, 6) is 1.11. The number of phenolic OH excluding ortho intramolecular Hbond substituents is 1. The van der Waals surface area contributed by atoms with E-state index in [1.54, 1.807) is 0 Å². The summed E-state index contributed by atoms with van der Waals surface area (Å²) in [6.45, 7) is 4.17. The van der Waals surface area contributed by atoms with E-state index in [-0.39, 0.29) is 11.8 Å². The van der Waals surface area contributed by atoms with Crippen LogP contribution in [-0.2, 0) is 6.42 Å². The van der Waals surface area contributed by atoms with Crippen LogP contribution in [0.15, 0.2) is 46.9 Å². The molecule has 10 heteroatoms. The number of hydrogen-bond donors (Lipinski definition) is 2. The normalized spacial score (nSPS) is 15.5. The lowest BCUT2D eigenvalue weighted by atomic mass is 10.00. The van der Waals surface area contributed by atoms with Crippen LogP contribution in [0, 0.1) is 10.5 Å². The number of imidazole rings is 1. The molecule has 1 aliphatic rings. The Bertz CT molecular complexity index is 1430. The number of phenols is 1. The first-order valence-electron chi connectivity index (χ1n) is 11.7. The number of unbranched alkanes of at least 4 members (excludes halogenated alkanes) is 1. The van der Waals surface area contributed by atoms with Crippen LogP contribution in [0.25, 0.3) is 11.3 Å². The zero-order chi connectivity index (χ0) is 25.4. The van der Waals surface area contributed by atoms with Crippen molar-refractivity contribution in [3.8, 4) is 17.0 Å². The lowest BCUT2D eigenvalue weighted by Gasteiger charge is -2.20. The number of aryl methyl sites for hydroxylation is 2. The number of aromatic hydroxyl groups is 1. The minimum Gasteiger partial charge on any atom is -0.506 e. The minimum absolute atomic E-state index is 0.225. The van der Waals surface area contributed by atoms with Crippen LogP contribution >= 0.6 is 57.1 Å². The molecule has 0 saturated carbocycles. The van der Waals surface area contributed by atoms with Gasteiger partial charge in [-0.2, -0.15) is 5.10 Å². The summed E-state index contributed by atoms with van der Waals surface area (Å²) in [5, 5.41) is 21.6. The quantitative estimate of drug-likeness (QED) is 0.198. The summed E-state index contributed by atoms with van der Waals surface area (Å²) in [4.78, 5) is 12.9. The van der Waals surface area contributed by atoms with Gasteiger partial charge in [-0.1, -0.05) is 48.7 Å². The van der Waals surface area contributed by atoms with Crippen LogP contribution in [0.4, 0.5) is 5.13 Å². The van der Waals surface area contributed by atoms with Crippen molar-refractivity contribution in [3.63, 3.8) is 0 Å². The second-order valence-corrected chi connectivity index (χ2v) is 11.6. The predicted octanol–water partition coefficient (Wildman–Crippen LogP) is 8.16. The predicted molar refractivity (Wildman–Crippen MR) is 157 cm³/mol. The molecule has 0 fully saturated rings. The number of hydrogen-bond acceptors (Lipinski definition) is 6. The summed E-state index contributed by atoms with van der Waals surface area (Å²) >= 11 is 16.4. The molecule has 3 heterocycles. The third kappa shape index (κ3) is 5.14. The Morgan fingerprint density at radius 3 is 2.72 bits per heavy atom. The molecule has 0 spiro atoms.